The zero-order chi connectivity index (χ0) is 27.2. The summed E-state index contributed by atoms with van der Waals surface area (Å²) >= 11 is 1.46. The van der Waals surface area contributed by atoms with Gasteiger partial charge in [0.25, 0.3) is 0 Å². The van der Waals surface area contributed by atoms with Crippen LogP contribution in [0.4, 0.5) is 0 Å². The van der Waals surface area contributed by atoms with Crippen molar-refractivity contribution in [1.29, 1.82) is 0 Å². The second-order valence-electron chi connectivity index (χ2n) is 9.96. The zero-order valence-electron chi connectivity index (χ0n) is 21.9. The molecule has 6 heteroatoms. The molecular formula is C33H32N2O3S. The van der Waals surface area contributed by atoms with E-state index in [0.717, 1.165) is 32.7 Å². The van der Waals surface area contributed by atoms with Crippen LogP contribution in [-0.4, -0.2) is 26.6 Å². The zero-order valence-corrected chi connectivity index (χ0v) is 22.7. The lowest BCUT2D eigenvalue weighted by atomic mass is 9.90. The Morgan fingerprint density at radius 1 is 0.872 bits per heavy atom. The number of nitrogens with zero attached hydrogens (tertiary/aromatic N) is 1. The SMILES string of the molecule is Cc1ccc(S[C@]2(C(=O)NCc3ccccc3)CC(=O)N(Cc3ccccc3)[C@@H]2c2ccc(CO)cc2)cc1. The minimum absolute atomic E-state index is 0.0652. The van der Waals surface area contributed by atoms with Crippen LogP contribution in [0.1, 0.15) is 40.3 Å². The van der Waals surface area contributed by atoms with Crippen LogP contribution in [0.3, 0.4) is 0 Å². The quantitative estimate of drug-likeness (QED) is 0.283. The molecule has 0 aromatic heterocycles. The number of carbonyl (C=O) groups is 2. The number of hydrogen-bond donors (Lipinski definition) is 2. The molecule has 1 aliphatic rings. The average Bonchev–Trinajstić information content (AvgIpc) is 3.25. The van der Waals surface area contributed by atoms with Crippen LogP contribution in [0, 0.1) is 6.92 Å². The lowest BCUT2D eigenvalue weighted by Crippen LogP contribution is -2.48. The van der Waals surface area contributed by atoms with E-state index in [2.05, 4.69) is 5.32 Å². The molecule has 1 saturated heterocycles. The molecule has 0 radical (unpaired) electrons. The molecule has 5 nitrogen and oxygen atoms in total. The highest BCUT2D eigenvalue weighted by atomic mass is 32.2. The van der Waals surface area contributed by atoms with Crippen molar-refractivity contribution in [2.75, 3.05) is 0 Å². The Labute approximate surface area is 233 Å². The summed E-state index contributed by atoms with van der Waals surface area (Å²) in [4.78, 5) is 30.9. The van der Waals surface area contributed by atoms with Gasteiger partial charge >= 0.3 is 0 Å². The molecule has 0 unspecified atom stereocenters. The van der Waals surface area contributed by atoms with Crippen LogP contribution in [0.5, 0.6) is 0 Å². The van der Waals surface area contributed by atoms with E-state index >= 15 is 0 Å². The number of likely N-dealkylation sites (tertiary alicyclic amines) is 1. The van der Waals surface area contributed by atoms with Crippen molar-refractivity contribution >= 4 is 23.6 Å². The van der Waals surface area contributed by atoms with Crippen LogP contribution in [-0.2, 0) is 29.3 Å². The van der Waals surface area contributed by atoms with E-state index in [1.165, 1.54) is 11.8 Å². The Balaban J connectivity index is 1.59. The van der Waals surface area contributed by atoms with Crippen LogP contribution >= 0.6 is 11.8 Å². The Hall–Kier alpha value is -3.87. The van der Waals surface area contributed by atoms with Crippen molar-refractivity contribution in [3.8, 4) is 0 Å². The smallest absolute Gasteiger partial charge is 0.239 e. The number of hydrogen-bond acceptors (Lipinski definition) is 4. The Bertz CT molecular complexity index is 1410. The number of nitrogens with one attached hydrogen (secondary N) is 1. The van der Waals surface area contributed by atoms with Crippen molar-refractivity contribution in [1.82, 2.24) is 10.2 Å². The maximum absolute atomic E-state index is 14.3. The number of aliphatic hydroxyl groups is 1. The predicted molar refractivity (Wildman–Crippen MR) is 155 cm³/mol. The van der Waals surface area contributed by atoms with Gasteiger partial charge in [-0.3, -0.25) is 9.59 Å². The van der Waals surface area contributed by atoms with Gasteiger partial charge in [0.1, 0.15) is 4.75 Å². The summed E-state index contributed by atoms with van der Waals surface area (Å²) in [5, 5.41) is 12.8. The number of benzene rings is 4. The van der Waals surface area contributed by atoms with Gasteiger partial charge in [-0.15, -0.1) is 11.8 Å². The minimum atomic E-state index is -1.10. The molecule has 4 aromatic rings. The fraction of sp³-hybridized carbons (Fsp3) is 0.212. The van der Waals surface area contributed by atoms with Crippen LogP contribution < -0.4 is 5.32 Å². The third-order valence-corrected chi connectivity index (χ3v) is 8.59. The molecule has 2 N–H and O–H groups in total. The minimum Gasteiger partial charge on any atom is -0.392 e. The van der Waals surface area contributed by atoms with Crippen LogP contribution in [0.15, 0.2) is 114 Å². The van der Waals surface area contributed by atoms with E-state index in [1.807, 2.05) is 121 Å². The summed E-state index contributed by atoms with van der Waals surface area (Å²) in [6.07, 6.45) is 0.0748. The van der Waals surface area contributed by atoms with Gasteiger partial charge in [-0.25, -0.2) is 0 Å². The first-order chi connectivity index (χ1) is 19.0. The van der Waals surface area contributed by atoms with Gasteiger partial charge in [0.15, 0.2) is 0 Å². The Kier molecular flexibility index (Phi) is 8.15. The highest BCUT2D eigenvalue weighted by Gasteiger charge is 2.58. The predicted octanol–water partition coefficient (Wildman–Crippen LogP) is 5.81. The molecule has 198 valence electrons. The molecule has 1 heterocycles. The topological polar surface area (TPSA) is 69.6 Å². The number of amides is 2. The third-order valence-electron chi connectivity index (χ3n) is 7.16. The number of aryl methyl sites for hydroxylation is 1. The highest BCUT2D eigenvalue weighted by molar-refractivity contribution is 8.01. The Morgan fingerprint density at radius 2 is 1.49 bits per heavy atom. The first kappa shape index (κ1) is 26.7. The molecule has 4 aromatic carbocycles. The first-order valence-electron chi connectivity index (χ1n) is 13.1. The summed E-state index contributed by atoms with van der Waals surface area (Å²) in [5.41, 5.74) is 4.78. The molecule has 2 atom stereocenters. The monoisotopic (exact) mass is 536 g/mol. The van der Waals surface area contributed by atoms with E-state index in [4.69, 9.17) is 0 Å². The van der Waals surface area contributed by atoms with Crippen molar-refractivity contribution in [3.63, 3.8) is 0 Å². The summed E-state index contributed by atoms with van der Waals surface area (Å²) < 4.78 is -1.10. The largest absolute Gasteiger partial charge is 0.392 e. The molecule has 5 rings (SSSR count). The lowest BCUT2D eigenvalue weighted by Gasteiger charge is -2.37. The van der Waals surface area contributed by atoms with Crippen LogP contribution in [0.2, 0.25) is 0 Å². The molecule has 0 saturated carbocycles. The maximum atomic E-state index is 14.3. The number of thioether (sulfide) groups is 1. The summed E-state index contributed by atoms with van der Waals surface area (Å²) in [5.74, 6) is -0.235. The second-order valence-corrected chi connectivity index (χ2v) is 11.4. The summed E-state index contributed by atoms with van der Waals surface area (Å²) in [6, 6.07) is 34.8. The first-order valence-corrected chi connectivity index (χ1v) is 13.9. The highest BCUT2D eigenvalue weighted by Crippen LogP contribution is 2.53. The normalized spacial score (nSPS) is 18.8. The van der Waals surface area contributed by atoms with Gasteiger partial charge in [-0.05, 0) is 41.3 Å². The molecule has 0 spiro atoms. The van der Waals surface area contributed by atoms with Gasteiger partial charge in [-0.2, -0.15) is 0 Å². The fourth-order valence-corrected chi connectivity index (χ4v) is 6.55. The second kappa shape index (κ2) is 11.9. The maximum Gasteiger partial charge on any atom is 0.239 e. The van der Waals surface area contributed by atoms with Gasteiger partial charge < -0.3 is 15.3 Å². The molecular weight excluding hydrogens is 504 g/mol. The van der Waals surface area contributed by atoms with Crippen molar-refractivity contribution in [2.24, 2.45) is 0 Å². The fourth-order valence-electron chi connectivity index (χ4n) is 5.12. The summed E-state index contributed by atoms with van der Waals surface area (Å²) in [6.45, 7) is 2.73. The molecule has 1 aliphatic heterocycles. The molecule has 1 fully saturated rings. The van der Waals surface area contributed by atoms with Gasteiger partial charge in [0.05, 0.1) is 19.1 Å². The van der Waals surface area contributed by atoms with Crippen LogP contribution in [0.25, 0.3) is 0 Å². The molecule has 39 heavy (non-hydrogen) atoms. The van der Waals surface area contributed by atoms with E-state index in [1.54, 1.807) is 0 Å². The van der Waals surface area contributed by atoms with E-state index in [-0.39, 0.29) is 24.8 Å². The van der Waals surface area contributed by atoms with E-state index < -0.39 is 10.8 Å². The van der Waals surface area contributed by atoms with E-state index in [9.17, 15) is 14.7 Å². The average molecular weight is 537 g/mol. The lowest BCUT2D eigenvalue weighted by molar-refractivity contribution is -0.129. The van der Waals surface area contributed by atoms with Gasteiger partial charge in [0, 0.05) is 18.0 Å². The molecule has 0 bridgehead atoms. The number of carbonyl (C=O) groups excluding carboxylic acids is 2. The summed E-state index contributed by atoms with van der Waals surface area (Å²) in [7, 11) is 0. The van der Waals surface area contributed by atoms with Gasteiger partial charge in [-0.1, -0.05) is 103 Å². The molecule has 2 amide bonds. The van der Waals surface area contributed by atoms with Gasteiger partial charge in [0.2, 0.25) is 11.8 Å². The van der Waals surface area contributed by atoms with Crippen molar-refractivity contribution in [2.45, 2.75) is 48.7 Å². The Morgan fingerprint density at radius 3 is 2.10 bits per heavy atom. The van der Waals surface area contributed by atoms with E-state index in [0.29, 0.717) is 13.1 Å². The number of aliphatic hydroxyl groups excluding tert-OH is 1. The third kappa shape index (κ3) is 5.92. The number of rotatable bonds is 9. The standard InChI is InChI=1S/C33H32N2O3S/c1-24-12-18-29(19-13-24)39-33(32(38)34-21-25-8-4-2-5-9-25)20-30(37)35(22-26-10-6-3-7-11-26)31(33)28-16-14-27(23-36)15-17-28/h2-19,31,36H,20-23H2,1H3,(H,34,38)/t31-,33-/m1/s1. The molecule has 0 aliphatic carbocycles. The van der Waals surface area contributed by atoms with Crippen molar-refractivity contribution in [3.05, 3.63) is 137 Å². The van der Waals surface area contributed by atoms with Crippen molar-refractivity contribution < 1.29 is 14.7 Å².